The van der Waals surface area contributed by atoms with Gasteiger partial charge in [-0.15, -0.1) is 12.4 Å². The van der Waals surface area contributed by atoms with E-state index in [0.29, 0.717) is 24.5 Å². The molecule has 2 aromatic rings. The number of hydrogen-bond acceptors (Lipinski definition) is 5. The molecule has 0 saturated carbocycles. The molecule has 1 unspecified atom stereocenters. The number of nitrogens with one attached hydrogen (secondary N) is 2. The van der Waals surface area contributed by atoms with E-state index in [1.807, 2.05) is 31.2 Å². The summed E-state index contributed by atoms with van der Waals surface area (Å²) in [5.41, 5.74) is 8.10. The number of aromatic amines is 1. The Morgan fingerprint density at radius 2 is 1.89 bits per heavy atom. The predicted molar refractivity (Wildman–Crippen MR) is 106 cm³/mol. The first-order valence-corrected chi connectivity index (χ1v) is 8.70. The predicted octanol–water partition coefficient (Wildman–Crippen LogP) is 3.25. The van der Waals surface area contributed by atoms with E-state index >= 15 is 0 Å². The van der Waals surface area contributed by atoms with Crippen LogP contribution in [0.25, 0.3) is 0 Å². The minimum Gasteiger partial charge on any atom is -0.349 e. The van der Waals surface area contributed by atoms with E-state index < -0.39 is 16.9 Å². The van der Waals surface area contributed by atoms with E-state index in [1.165, 1.54) is 5.56 Å². The lowest BCUT2D eigenvalue weighted by molar-refractivity contribution is -0.385. The Balaban J connectivity index is 0.00000364. The van der Waals surface area contributed by atoms with Gasteiger partial charge in [-0.05, 0) is 23.5 Å². The number of rotatable bonds is 8. The van der Waals surface area contributed by atoms with Crippen LogP contribution in [0.1, 0.15) is 66.5 Å². The number of nitrogens with zero attached hydrogens (tertiary/aromatic N) is 2. The van der Waals surface area contributed by atoms with E-state index in [-0.39, 0.29) is 30.3 Å². The number of benzene rings is 1. The molecule has 4 N–H and O–H groups in total. The van der Waals surface area contributed by atoms with Crippen molar-refractivity contribution >= 4 is 24.0 Å². The normalized spacial score (nSPS) is 11.7. The molecule has 148 valence electrons. The maximum Gasteiger partial charge on any atom is 0.322 e. The molecule has 0 aliphatic heterocycles. The number of carbonyl (C=O) groups is 1. The minimum atomic E-state index is -0.607. The number of amides is 1. The van der Waals surface area contributed by atoms with Gasteiger partial charge in [0.1, 0.15) is 5.69 Å². The molecule has 1 aromatic carbocycles. The maximum atomic E-state index is 12.3. The highest BCUT2D eigenvalue weighted by Gasteiger charge is 2.28. The lowest BCUT2D eigenvalue weighted by Gasteiger charge is -2.14. The first kappa shape index (κ1) is 22.6. The van der Waals surface area contributed by atoms with Crippen LogP contribution < -0.4 is 11.1 Å². The van der Waals surface area contributed by atoms with Crippen molar-refractivity contribution in [2.24, 2.45) is 5.73 Å². The first-order valence-electron chi connectivity index (χ1n) is 8.70. The molecule has 2 rings (SSSR count). The number of halogens is 1. The van der Waals surface area contributed by atoms with E-state index in [9.17, 15) is 14.9 Å². The Hall–Kier alpha value is -2.45. The summed E-state index contributed by atoms with van der Waals surface area (Å²) in [6, 6.07) is 7.48. The van der Waals surface area contributed by atoms with E-state index in [2.05, 4.69) is 29.4 Å². The zero-order valence-electron chi connectivity index (χ0n) is 15.7. The fourth-order valence-corrected chi connectivity index (χ4v) is 2.68. The second-order valence-electron chi connectivity index (χ2n) is 6.54. The van der Waals surface area contributed by atoms with Crippen LogP contribution in [-0.2, 0) is 6.42 Å². The van der Waals surface area contributed by atoms with Gasteiger partial charge in [-0.2, -0.15) is 5.10 Å². The molecule has 0 bridgehead atoms. The van der Waals surface area contributed by atoms with Crippen molar-refractivity contribution in [2.75, 3.05) is 6.54 Å². The van der Waals surface area contributed by atoms with Crippen molar-refractivity contribution in [3.8, 4) is 0 Å². The molecule has 0 aliphatic carbocycles. The average molecular weight is 396 g/mol. The third-order valence-electron chi connectivity index (χ3n) is 4.22. The van der Waals surface area contributed by atoms with Crippen LogP contribution in [0.3, 0.4) is 0 Å². The van der Waals surface area contributed by atoms with Crippen molar-refractivity contribution in [2.45, 2.75) is 45.6 Å². The number of nitro groups is 1. The summed E-state index contributed by atoms with van der Waals surface area (Å²) in [6.45, 7) is 6.28. The summed E-state index contributed by atoms with van der Waals surface area (Å²) < 4.78 is 0. The van der Waals surface area contributed by atoms with Crippen molar-refractivity contribution in [1.82, 2.24) is 15.5 Å². The van der Waals surface area contributed by atoms with Gasteiger partial charge in [-0.3, -0.25) is 20.0 Å². The van der Waals surface area contributed by atoms with Crippen LogP contribution in [0.4, 0.5) is 5.69 Å². The third-order valence-corrected chi connectivity index (χ3v) is 4.22. The van der Waals surface area contributed by atoms with Gasteiger partial charge < -0.3 is 11.1 Å². The van der Waals surface area contributed by atoms with E-state index in [4.69, 9.17) is 5.73 Å². The number of aromatic nitrogens is 2. The molecule has 27 heavy (non-hydrogen) atoms. The summed E-state index contributed by atoms with van der Waals surface area (Å²) in [7, 11) is 0. The number of nitrogens with two attached hydrogens (primary N) is 1. The number of hydrogen-bond donors (Lipinski definition) is 3. The fourth-order valence-electron chi connectivity index (χ4n) is 2.68. The van der Waals surface area contributed by atoms with Gasteiger partial charge in [0, 0.05) is 12.6 Å². The van der Waals surface area contributed by atoms with Crippen LogP contribution in [0.15, 0.2) is 24.3 Å². The van der Waals surface area contributed by atoms with Crippen LogP contribution in [0.2, 0.25) is 0 Å². The highest BCUT2D eigenvalue weighted by molar-refractivity contribution is 5.96. The van der Waals surface area contributed by atoms with Gasteiger partial charge in [0.15, 0.2) is 0 Å². The Morgan fingerprint density at radius 1 is 1.30 bits per heavy atom. The van der Waals surface area contributed by atoms with Crippen molar-refractivity contribution < 1.29 is 9.72 Å². The summed E-state index contributed by atoms with van der Waals surface area (Å²) in [5, 5.41) is 20.3. The van der Waals surface area contributed by atoms with Gasteiger partial charge in [0.2, 0.25) is 5.69 Å². The van der Waals surface area contributed by atoms with Crippen LogP contribution >= 0.6 is 12.4 Å². The van der Waals surface area contributed by atoms with E-state index in [0.717, 1.165) is 5.56 Å². The van der Waals surface area contributed by atoms with E-state index in [1.54, 1.807) is 0 Å². The second kappa shape index (κ2) is 10.0. The molecule has 8 nitrogen and oxygen atoms in total. The molecular weight excluding hydrogens is 370 g/mol. The molecule has 1 heterocycles. The molecule has 1 atom stereocenters. The van der Waals surface area contributed by atoms with Crippen molar-refractivity contribution in [3.63, 3.8) is 0 Å². The first-order chi connectivity index (χ1) is 12.3. The molecule has 0 aliphatic rings. The maximum absolute atomic E-state index is 12.3. The average Bonchev–Trinajstić information content (AvgIpc) is 3.04. The van der Waals surface area contributed by atoms with Gasteiger partial charge in [0.05, 0.1) is 4.92 Å². The molecule has 9 heteroatoms. The molecule has 0 saturated heterocycles. The summed E-state index contributed by atoms with van der Waals surface area (Å²) in [5.74, 6) is -0.179. The zero-order valence-corrected chi connectivity index (χ0v) is 16.5. The molecular formula is C18H26ClN5O3. The minimum absolute atomic E-state index is 0. The van der Waals surface area contributed by atoms with Crippen LogP contribution in [0, 0.1) is 10.1 Å². The number of aryl methyl sites for hydroxylation is 1. The molecule has 0 fully saturated rings. The van der Waals surface area contributed by atoms with Gasteiger partial charge in [0.25, 0.3) is 5.91 Å². The topological polar surface area (TPSA) is 127 Å². The largest absolute Gasteiger partial charge is 0.349 e. The monoisotopic (exact) mass is 395 g/mol. The molecule has 0 radical (unpaired) electrons. The Labute approximate surface area is 164 Å². The lowest BCUT2D eigenvalue weighted by atomic mass is 9.99. The number of carbonyl (C=O) groups excluding carboxylic acids is 1. The summed E-state index contributed by atoms with van der Waals surface area (Å²) in [4.78, 5) is 23.0. The molecule has 0 spiro atoms. The van der Waals surface area contributed by atoms with Gasteiger partial charge in [-0.25, -0.2) is 0 Å². The number of H-pyrrole nitrogens is 1. The Kier molecular flexibility index (Phi) is 8.39. The highest BCUT2D eigenvalue weighted by atomic mass is 35.5. The smallest absolute Gasteiger partial charge is 0.322 e. The van der Waals surface area contributed by atoms with Gasteiger partial charge in [-0.1, -0.05) is 51.5 Å². The molecule has 1 amide bonds. The lowest BCUT2D eigenvalue weighted by Crippen LogP contribution is -2.32. The highest BCUT2D eigenvalue weighted by Crippen LogP contribution is 2.22. The van der Waals surface area contributed by atoms with Crippen molar-refractivity contribution in [1.29, 1.82) is 0 Å². The Morgan fingerprint density at radius 3 is 2.41 bits per heavy atom. The molecule has 1 aromatic heterocycles. The Bertz CT molecular complexity index is 774. The SMILES string of the molecule is CCCc1[nH]nc(C(=O)NCC(N)c2ccc(C(C)C)cc2)c1[N+](=O)[O-].Cl. The van der Waals surface area contributed by atoms with Crippen LogP contribution in [-0.4, -0.2) is 27.6 Å². The van der Waals surface area contributed by atoms with Gasteiger partial charge >= 0.3 is 5.69 Å². The zero-order chi connectivity index (χ0) is 19.3. The van der Waals surface area contributed by atoms with Crippen LogP contribution in [0.5, 0.6) is 0 Å². The standard InChI is InChI=1S/C18H25N5O3.ClH/c1-4-5-15-17(23(25)26)16(22-21-15)18(24)20-10-14(19)13-8-6-12(7-9-13)11(2)3;/h6-9,11,14H,4-5,10,19H2,1-3H3,(H,20,24)(H,21,22);1H. The third kappa shape index (κ3) is 5.51. The summed E-state index contributed by atoms with van der Waals surface area (Å²) >= 11 is 0. The van der Waals surface area contributed by atoms with Crippen molar-refractivity contribution in [3.05, 3.63) is 56.9 Å². The summed E-state index contributed by atoms with van der Waals surface area (Å²) in [6.07, 6.45) is 1.17. The second-order valence-corrected chi connectivity index (χ2v) is 6.54. The quantitative estimate of drug-likeness (QED) is 0.467. The fraction of sp³-hybridized carbons (Fsp3) is 0.444.